The van der Waals surface area contributed by atoms with Crippen molar-refractivity contribution in [1.82, 2.24) is 9.55 Å². The van der Waals surface area contributed by atoms with Gasteiger partial charge in [0.2, 0.25) is 0 Å². The normalized spacial score (nSPS) is 36.8. The molecular weight excluding hydrogens is 212 g/mol. The van der Waals surface area contributed by atoms with Crippen LogP contribution in [0.4, 0.5) is 0 Å². The lowest BCUT2D eigenvalue weighted by Crippen LogP contribution is -2.31. The topological polar surface area (TPSA) is 76.6 Å². The van der Waals surface area contributed by atoms with Crippen molar-refractivity contribution in [3.05, 3.63) is 33.1 Å². The lowest BCUT2D eigenvalue weighted by atomic mass is 10.0. The lowest BCUT2D eigenvalue weighted by Gasteiger charge is -2.12. The summed E-state index contributed by atoms with van der Waals surface area (Å²) in [5, 5.41) is 0. The van der Waals surface area contributed by atoms with Crippen LogP contribution in [0.5, 0.6) is 0 Å². The molecule has 0 aromatic carbocycles. The predicted molar refractivity (Wildman–Crippen MR) is 53.9 cm³/mol. The van der Waals surface area contributed by atoms with Crippen LogP contribution >= 0.6 is 0 Å². The molecular formula is C10H12N2O4. The van der Waals surface area contributed by atoms with Crippen molar-refractivity contribution in [3.63, 3.8) is 0 Å². The summed E-state index contributed by atoms with van der Waals surface area (Å²) in [5.41, 5.74) is -0.841. The Labute approximate surface area is 90.8 Å². The Morgan fingerprint density at radius 3 is 2.88 bits per heavy atom. The molecule has 0 radical (unpaired) electrons. The number of hydrogen-bond donors (Lipinski definition) is 1. The van der Waals surface area contributed by atoms with Gasteiger partial charge in [-0.2, -0.15) is 0 Å². The fourth-order valence-electron chi connectivity index (χ4n) is 2.12. The number of aromatic amines is 1. The van der Waals surface area contributed by atoms with E-state index in [1.807, 2.05) is 6.92 Å². The number of nitrogens with zero attached hydrogens (tertiary/aromatic N) is 1. The molecule has 2 aliphatic heterocycles. The van der Waals surface area contributed by atoms with Gasteiger partial charge in [-0.3, -0.25) is 14.3 Å². The first-order chi connectivity index (χ1) is 7.61. The van der Waals surface area contributed by atoms with Crippen LogP contribution in [0, 0.1) is 5.92 Å². The highest BCUT2D eigenvalue weighted by Gasteiger charge is 2.58. The average molecular weight is 224 g/mol. The van der Waals surface area contributed by atoms with Crippen molar-refractivity contribution in [2.24, 2.45) is 5.92 Å². The molecule has 0 aliphatic carbocycles. The van der Waals surface area contributed by atoms with Crippen LogP contribution in [0.2, 0.25) is 0 Å². The van der Waals surface area contributed by atoms with Gasteiger partial charge >= 0.3 is 5.69 Å². The number of aromatic nitrogens is 2. The molecule has 3 heterocycles. The Balaban J connectivity index is 1.94. The highest BCUT2D eigenvalue weighted by molar-refractivity contribution is 4.96. The standard InChI is InChI=1S/C10H12N2O4/c1-6-4-8(16-10(6)5-15-10)12-3-2-7(13)11-9(12)14/h2-3,6,8H,4-5H2,1H3,(H,11,13,14)/t6-,8+,10-/m0/s1. The maximum atomic E-state index is 11.6. The molecule has 6 nitrogen and oxygen atoms in total. The quantitative estimate of drug-likeness (QED) is 0.671. The van der Waals surface area contributed by atoms with E-state index in [1.165, 1.54) is 16.8 Å². The van der Waals surface area contributed by atoms with Crippen molar-refractivity contribution in [1.29, 1.82) is 0 Å². The Morgan fingerprint density at radius 2 is 2.31 bits per heavy atom. The first kappa shape index (κ1) is 9.80. The highest BCUT2D eigenvalue weighted by atomic mass is 16.8. The van der Waals surface area contributed by atoms with E-state index in [0.717, 1.165) is 0 Å². The third kappa shape index (κ3) is 1.34. The van der Waals surface area contributed by atoms with E-state index >= 15 is 0 Å². The molecule has 1 N–H and O–H groups in total. The minimum absolute atomic E-state index is 0.260. The monoisotopic (exact) mass is 224 g/mol. The SMILES string of the molecule is C[C@H]1C[C@H](n2ccc(=O)[nH]c2=O)O[C@@]12CO2. The van der Waals surface area contributed by atoms with Gasteiger partial charge in [0.15, 0.2) is 5.79 Å². The fourth-order valence-corrected chi connectivity index (χ4v) is 2.12. The van der Waals surface area contributed by atoms with E-state index in [0.29, 0.717) is 13.0 Å². The van der Waals surface area contributed by atoms with Crippen molar-refractivity contribution < 1.29 is 9.47 Å². The summed E-state index contributed by atoms with van der Waals surface area (Å²) in [6.45, 7) is 2.62. The number of H-pyrrole nitrogens is 1. The summed E-state index contributed by atoms with van der Waals surface area (Å²) in [6, 6.07) is 1.31. The Hall–Kier alpha value is -1.40. The molecule has 2 aliphatic rings. The van der Waals surface area contributed by atoms with E-state index in [9.17, 15) is 9.59 Å². The van der Waals surface area contributed by atoms with E-state index in [4.69, 9.17) is 9.47 Å². The molecule has 1 aromatic heterocycles. The van der Waals surface area contributed by atoms with Crippen LogP contribution in [0.15, 0.2) is 21.9 Å². The molecule has 0 saturated carbocycles. The largest absolute Gasteiger partial charge is 0.342 e. The van der Waals surface area contributed by atoms with Gasteiger partial charge in [-0.15, -0.1) is 0 Å². The molecule has 0 amide bonds. The van der Waals surface area contributed by atoms with Gasteiger partial charge in [-0.05, 0) is 0 Å². The Morgan fingerprint density at radius 1 is 1.56 bits per heavy atom. The van der Waals surface area contributed by atoms with Crippen LogP contribution in [0.25, 0.3) is 0 Å². The summed E-state index contributed by atoms with van der Waals surface area (Å²) < 4.78 is 12.4. The number of ether oxygens (including phenoxy) is 2. The van der Waals surface area contributed by atoms with Crippen LogP contribution < -0.4 is 11.2 Å². The molecule has 3 atom stereocenters. The van der Waals surface area contributed by atoms with Crippen molar-refractivity contribution in [3.8, 4) is 0 Å². The van der Waals surface area contributed by atoms with E-state index < -0.39 is 17.0 Å². The van der Waals surface area contributed by atoms with E-state index in [-0.39, 0.29) is 12.1 Å². The van der Waals surface area contributed by atoms with Gasteiger partial charge in [0, 0.05) is 24.6 Å². The van der Waals surface area contributed by atoms with Crippen molar-refractivity contribution in [2.45, 2.75) is 25.4 Å². The molecule has 16 heavy (non-hydrogen) atoms. The minimum atomic E-state index is -0.486. The molecule has 0 unspecified atom stereocenters. The molecule has 1 aromatic rings. The zero-order valence-electron chi connectivity index (χ0n) is 8.80. The van der Waals surface area contributed by atoms with Gasteiger partial charge in [0.1, 0.15) is 12.8 Å². The van der Waals surface area contributed by atoms with Gasteiger partial charge in [-0.1, -0.05) is 6.92 Å². The molecule has 3 rings (SSSR count). The predicted octanol–water partition coefficient (Wildman–Crippen LogP) is -0.182. The zero-order valence-corrected chi connectivity index (χ0v) is 8.80. The summed E-state index contributed by atoms with van der Waals surface area (Å²) in [6.07, 6.45) is 1.83. The summed E-state index contributed by atoms with van der Waals surface area (Å²) in [5.74, 6) is -0.225. The number of rotatable bonds is 1. The lowest BCUT2D eigenvalue weighted by molar-refractivity contribution is -0.0802. The molecule has 6 heteroatoms. The van der Waals surface area contributed by atoms with Crippen molar-refractivity contribution >= 4 is 0 Å². The van der Waals surface area contributed by atoms with E-state index in [1.54, 1.807) is 0 Å². The fraction of sp³-hybridized carbons (Fsp3) is 0.600. The third-order valence-electron chi connectivity index (χ3n) is 3.23. The maximum Gasteiger partial charge on any atom is 0.330 e. The molecule has 2 saturated heterocycles. The van der Waals surface area contributed by atoms with Gasteiger partial charge in [0.05, 0.1) is 0 Å². The summed E-state index contributed by atoms with van der Waals surface area (Å²) in [7, 11) is 0. The number of epoxide rings is 1. The smallest absolute Gasteiger partial charge is 0.330 e. The second kappa shape index (κ2) is 3.05. The average Bonchev–Trinajstić information content (AvgIpc) is 2.90. The molecule has 2 fully saturated rings. The minimum Gasteiger partial charge on any atom is -0.342 e. The Kier molecular flexibility index (Phi) is 1.87. The first-order valence-electron chi connectivity index (χ1n) is 5.24. The number of nitrogens with one attached hydrogen (secondary N) is 1. The van der Waals surface area contributed by atoms with Crippen LogP contribution in [-0.2, 0) is 9.47 Å². The number of hydrogen-bond acceptors (Lipinski definition) is 4. The zero-order chi connectivity index (χ0) is 11.3. The maximum absolute atomic E-state index is 11.6. The molecule has 0 bridgehead atoms. The van der Waals surface area contributed by atoms with Crippen LogP contribution in [0.3, 0.4) is 0 Å². The van der Waals surface area contributed by atoms with Crippen LogP contribution in [0.1, 0.15) is 19.6 Å². The van der Waals surface area contributed by atoms with E-state index in [2.05, 4.69) is 4.98 Å². The van der Waals surface area contributed by atoms with Crippen molar-refractivity contribution in [2.75, 3.05) is 6.61 Å². The molecule has 1 spiro atoms. The third-order valence-corrected chi connectivity index (χ3v) is 3.23. The van der Waals surface area contributed by atoms with Gasteiger partial charge in [-0.25, -0.2) is 4.79 Å². The summed E-state index contributed by atoms with van der Waals surface area (Å²) >= 11 is 0. The Bertz CT molecular complexity index is 528. The molecule has 86 valence electrons. The second-order valence-corrected chi connectivity index (χ2v) is 4.33. The van der Waals surface area contributed by atoms with Crippen LogP contribution in [-0.4, -0.2) is 21.9 Å². The van der Waals surface area contributed by atoms with Gasteiger partial charge < -0.3 is 9.47 Å². The summed E-state index contributed by atoms with van der Waals surface area (Å²) in [4.78, 5) is 24.7. The first-order valence-corrected chi connectivity index (χ1v) is 5.24. The van der Waals surface area contributed by atoms with Gasteiger partial charge in [0.25, 0.3) is 5.56 Å². The second-order valence-electron chi connectivity index (χ2n) is 4.33. The highest BCUT2D eigenvalue weighted by Crippen LogP contribution is 2.49.